The summed E-state index contributed by atoms with van der Waals surface area (Å²) < 4.78 is 27.0. The Morgan fingerprint density at radius 2 is 1.83 bits per heavy atom. The number of thiophene rings is 1. The highest BCUT2D eigenvalue weighted by molar-refractivity contribution is 7.91. The fraction of sp³-hybridized carbons (Fsp3) is 0.375. The Kier molecular flexibility index (Phi) is 6.22. The number of hydrogen-bond acceptors (Lipinski definition) is 4. The van der Waals surface area contributed by atoms with E-state index in [2.05, 4.69) is 36.1 Å². The van der Waals surface area contributed by atoms with Crippen LogP contribution in [-0.4, -0.2) is 43.8 Å². The molecule has 4 nitrogen and oxygen atoms in total. The van der Waals surface area contributed by atoms with Crippen LogP contribution in [0.1, 0.15) is 11.1 Å². The smallest absolute Gasteiger partial charge is 0.252 e. The van der Waals surface area contributed by atoms with Gasteiger partial charge in [-0.3, -0.25) is 4.90 Å². The maximum atomic E-state index is 12.5. The standard InChI is InChI=1S/C16H20N2O2S2.ClH/c1-14-4-2-5-15(12-14)13-17-7-9-18(10-8-17)22(19,20)16-6-3-11-21-16;/h2-6,11-12H,7-10,13H2,1H3;1H. The van der Waals surface area contributed by atoms with Crippen LogP contribution >= 0.6 is 23.7 Å². The summed E-state index contributed by atoms with van der Waals surface area (Å²) in [4.78, 5) is 2.31. The Morgan fingerprint density at radius 1 is 1.09 bits per heavy atom. The Labute approximate surface area is 148 Å². The summed E-state index contributed by atoms with van der Waals surface area (Å²) in [5, 5.41) is 1.81. The molecule has 1 aliphatic heterocycles. The molecule has 0 aliphatic carbocycles. The van der Waals surface area contributed by atoms with E-state index in [4.69, 9.17) is 0 Å². The third-order valence-corrected chi connectivity index (χ3v) is 7.18. The summed E-state index contributed by atoms with van der Waals surface area (Å²) in [5.41, 5.74) is 2.55. The second-order valence-corrected chi connectivity index (χ2v) is 8.71. The number of sulfonamides is 1. The molecule has 1 aliphatic rings. The van der Waals surface area contributed by atoms with Crippen molar-refractivity contribution in [3.05, 3.63) is 52.9 Å². The summed E-state index contributed by atoms with van der Waals surface area (Å²) in [6.07, 6.45) is 0. The molecule has 3 rings (SSSR count). The van der Waals surface area contributed by atoms with Crippen LogP contribution in [0.4, 0.5) is 0 Å². The van der Waals surface area contributed by atoms with Gasteiger partial charge in [-0.1, -0.05) is 35.9 Å². The van der Waals surface area contributed by atoms with E-state index in [-0.39, 0.29) is 12.4 Å². The third kappa shape index (κ3) is 4.33. The summed E-state index contributed by atoms with van der Waals surface area (Å²) in [6, 6.07) is 11.9. The molecule has 2 heterocycles. The molecule has 7 heteroatoms. The Hall–Kier alpha value is -0.920. The lowest BCUT2D eigenvalue weighted by atomic mass is 10.1. The van der Waals surface area contributed by atoms with E-state index in [9.17, 15) is 8.42 Å². The minimum atomic E-state index is -3.30. The lowest BCUT2D eigenvalue weighted by Crippen LogP contribution is -2.48. The maximum Gasteiger partial charge on any atom is 0.252 e. The fourth-order valence-corrected chi connectivity index (χ4v) is 5.30. The molecule has 1 fully saturated rings. The SMILES string of the molecule is Cc1cccc(CN2CCN(S(=O)(=O)c3cccs3)CC2)c1.Cl. The van der Waals surface area contributed by atoms with Crippen molar-refractivity contribution in [3.63, 3.8) is 0 Å². The Morgan fingerprint density at radius 3 is 2.43 bits per heavy atom. The van der Waals surface area contributed by atoms with Crippen LogP contribution in [0.5, 0.6) is 0 Å². The van der Waals surface area contributed by atoms with Crippen molar-refractivity contribution in [3.8, 4) is 0 Å². The maximum absolute atomic E-state index is 12.5. The van der Waals surface area contributed by atoms with Gasteiger partial charge in [0.15, 0.2) is 0 Å². The number of piperazine rings is 1. The van der Waals surface area contributed by atoms with Crippen LogP contribution in [0.3, 0.4) is 0 Å². The largest absolute Gasteiger partial charge is 0.296 e. The van der Waals surface area contributed by atoms with Gasteiger partial charge in [-0.25, -0.2) is 8.42 Å². The van der Waals surface area contributed by atoms with E-state index < -0.39 is 10.0 Å². The van der Waals surface area contributed by atoms with Gasteiger partial charge in [0, 0.05) is 32.7 Å². The zero-order chi connectivity index (χ0) is 15.6. The van der Waals surface area contributed by atoms with Crippen LogP contribution in [-0.2, 0) is 16.6 Å². The van der Waals surface area contributed by atoms with Gasteiger partial charge in [-0.05, 0) is 23.9 Å². The van der Waals surface area contributed by atoms with Crippen LogP contribution in [0, 0.1) is 6.92 Å². The second kappa shape index (κ2) is 7.77. The van der Waals surface area contributed by atoms with Crippen LogP contribution < -0.4 is 0 Å². The van der Waals surface area contributed by atoms with Gasteiger partial charge >= 0.3 is 0 Å². The molecule has 1 saturated heterocycles. The molecule has 2 aromatic rings. The molecular weight excluding hydrogens is 352 g/mol. The van der Waals surface area contributed by atoms with E-state index in [0.717, 1.165) is 19.6 Å². The van der Waals surface area contributed by atoms with E-state index in [1.54, 1.807) is 21.8 Å². The van der Waals surface area contributed by atoms with Crippen molar-refractivity contribution in [2.75, 3.05) is 26.2 Å². The average molecular weight is 373 g/mol. The zero-order valence-electron chi connectivity index (χ0n) is 13.0. The van der Waals surface area contributed by atoms with Crippen molar-refractivity contribution < 1.29 is 8.42 Å². The molecule has 0 spiro atoms. The van der Waals surface area contributed by atoms with Crippen LogP contribution in [0.15, 0.2) is 46.0 Å². The molecule has 0 saturated carbocycles. The van der Waals surface area contributed by atoms with E-state index in [1.807, 2.05) is 0 Å². The van der Waals surface area contributed by atoms with Crippen molar-refractivity contribution in [2.24, 2.45) is 0 Å². The number of halogens is 1. The number of aryl methyl sites for hydroxylation is 1. The van der Waals surface area contributed by atoms with Crippen molar-refractivity contribution in [1.29, 1.82) is 0 Å². The molecular formula is C16H21ClN2O2S2. The lowest BCUT2D eigenvalue weighted by Gasteiger charge is -2.33. The summed E-state index contributed by atoms with van der Waals surface area (Å²) in [7, 11) is -3.30. The highest BCUT2D eigenvalue weighted by atomic mass is 35.5. The minimum absolute atomic E-state index is 0. The number of nitrogens with zero attached hydrogens (tertiary/aromatic N) is 2. The van der Waals surface area contributed by atoms with Crippen LogP contribution in [0.25, 0.3) is 0 Å². The monoisotopic (exact) mass is 372 g/mol. The zero-order valence-corrected chi connectivity index (χ0v) is 15.5. The van der Waals surface area contributed by atoms with Gasteiger partial charge in [0.05, 0.1) is 0 Å². The molecule has 0 amide bonds. The number of hydrogen-bond donors (Lipinski definition) is 0. The molecule has 0 unspecified atom stereocenters. The van der Waals surface area contributed by atoms with Gasteiger partial charge in [-0.15, -0.1) is 23.7 Å². The van der Waals surface area contributed by atoms with Gasteiger partial charge in [0.25, 0.3) is 10.0 Å². The van der Waals surface area contributed by atoms with Gasteiger partial charge in [0.1, 0.15) is 4.21 Å². The molecule has 0 bridgehead atoms. The predicted octanol–water partition coefficient (Wildman–Crippen LogP) is 2.98. The molecule has 23 heavy (non-hydrogen) atoms. The number of benzene rings is 1. The molecule has 126 valence electrons. The fourth-order valence-electron chi connectivity index (χ4n) is 2.73. The predicted molar refractivity (Wildman–Crippen MR) is 96.8 cm³/mol. The van der Waals surface area contributed by atoms with Crippen LogP contribution in [0.2, 0.25) is 0 Å². The summed E-state index contributed by atoms with van der Waals surface area (Å²) in [5.74, 6) is 0. The molecule has 0 N–H and O–H groups in total. The van der Waals surface area contributed by atoms with Crippen molar-refractivity contribution in [1.82, 2.24) is 9.21 Å². The first-order valence-electron chi connectivity index (χ1n) is 7.37. The molecule has 0 atom stereocenters. The van der Waals surface area contributed by atoms with Crippen molar-refractivity contribution in [2.45, 2.75) is 17.7 Å². The lowest BCUT2D eigenvalue weighted by molar-refractivity contribution is 0.182. The normalized spacial score (nSPS) is 16.9. The first kappa shape index (κ1) is 18.4. The van der Waals surface area contributed by atoms with Gasteiger partial charge in [0.2, 0.25) is 0 Å². The summed E-state index contributed by atoms with van der Waals surface area (Å²) >= 11 is 1.29. The van der Waals surface area contributed by atoms with E-state index in [1.165, 1.54) is 22.5 Å². The Bertz CT molecular complexity index is 724. The van der Waals surface area contributed by atoms with Gasteiger partial charge in [-0.2, -0.15) is 4.31 Å². The molecule has 1 aromatic heterocycles. The van der Waals surface area contributed by atoms with Gasteiger partial charge < -0.3 is 0 Å². The third-order valence-electron chi connectivity index (χ3n) is 3.91. The average Bonchev–Trinajstić information content (AvgIpc) is 3.03. The second-order valence-electron chi connectivity index (χ2n) is 5.60. The van der Waals surface area contributed by atoms with Crippen molar-refractivity contribution >= 4 is 33.8 Å². The highest BCUT2D eigenvalue weighted by Gasteiger charge is 2.28. The first-order chi connectivity index (χ1) is 10.6. The first-order valence-corrected chi connectivity index (χ1v) is 9.69. The molecule has 0 radical (unpaired) electrons. The Balaban J connectivity index is 0.00000192. The minimum Gasteiger partial charge on any atom is -0.296 e. The van der Waals surface area contributed by atoms with E-state index >= 15 is 0 Å². The highest BCUT2D eigenvalue weighted by Crippen LogP contribution is 2.22. The quantitative estimate of drug-likeness (QED) is 0.828. The molecule has 1 aromatic carbocycles. The number of rotatable bonds is 4. The van der Waals surface area contributed by atoms with E-state index in [0.29, 0.717) is 17.3 Å². The topological polar surface area (TPSA) is 40.6 Å². The summed E-state index contributed by atoms with van der Waals surface area (Å²) in [6.45, 7) is 5.65.